The quantitative estimate of drug-likeness (QED) is 0.453. The third-order valence-corrected chi connectivity index (χ3v) is 6.74. The number of benzene rings is 3. The minimum absolute atomic E-state index is 0.0133. The van der Waals surface area contributed by atoms with Crippen LogP contribution in [0.1, 0.15) is 21.5 Å². The number of rotatable bonds is 7. The Bertz CT molecular complexity index is 1150. The van der Waals surface area contributed by atoms with Crippen LogP contribution < -0.4 is 0 Å². The van der Waals surface area contributed by atoms with Crippen LogP contribution in [0.15, 0.2) is 77.7 Å². The van der Waals surface area contributed by atoms with E-state index in [1.165, 1.54) is 29.6 Å². The average molecular weight is 464 g/mol. The first-order valence-electron chi connectivity index (χ1n) is 8.99. The maximum Gasteiger partial charge on any atom is 0.340 e. The van der Waals surface area contributed by atoms with Gasteiger partial charge < -0.3 is 4.74 Å². The molecule has 0 amide bonds. The fraction of sp³-hybridized carbons (Fsp3) is 0.136. The first-order valence-corrected chi connectivity index (χ1v) is 11.2. The highest BCUT2D eigenvalue weighted by Gasteiger charge is 2.24. The number of sulfonamides is 1. The smallest absolute Gasteiger partial charge is 0.340 e. The number of carbonyl (C=O) groups excluding carboxylic acids is 1. The molecule has 5 nitrogen and oxygen atoms in total. The number of nitrogens with zero attached hydrogens (tertiary/aromatic N) is 1. The molecule has 0 aliphatic carbocycles. The van der Waals surface area contributed by atoms with Crippen LogP contribution in [0.3, 0.4) is 0 Å². The molecule has 156 valence electrons. The summed E-state index contributed by atoms with van der Waals surface area (Å²) in [6.45, 7) is 0.182. The van der Waals surface area contributed by atoms with Gasteiger partial charge in [-0.15, -0.1) is 0 Å². The largest absolute Gasteiger partial charge is 0.457 e. The molecule has 0 N–H and O–H groups in total. The van der Waals surface area contributed by atoms with E-state index in [0.29, 0.717) is 10.6 Å². The summed E-state index contributed by atoms with van der Waals surface area (Å²) in [7, 11) is -2.35. The molecule has 0 saturated heterocycles. The Balaban J connectivity index is 1.78. The zero-order valence-electron chi connectivity index (χ0n) is 16.1. The van der Waals surface area contributed by atoms with Gasteiger partial charge >= 0.3 is 5.97 Å². The van der Waals surface area contributed by atoms with Crippen LogP contribution in [0.2, 0.25) is 10.0 Å². The van der Waals surface area contributed by atoms with Crippen molar-refractivity contribution >= 4 is 39.2 Å². The molecule has 0 unspecified atom stereocenters. The van der Waals surface area contributed by atoms with Crippen molar-refractivity contribution in [1.29, 1.82) is 0 Å². The third-order valence-electron chi connectivity index (χ3n) is 4.37. The lowest BCUT2D eigenvalue weighted by Gasteiger charge is -2.18. The summed E-state index contributed by atoms with van der Waals surface area (Å²) >= 11 is 12.1. The van der Waals surface area contributed by atoms with Crippen molar-refractivity contribution < 1.29 is 17.9 Å². The fourth-order valence-corrected chi connectivity index (χ4v) is 4.37. The first-order chi connectivity index (χ1) is 14.3. The van der Waals surface area contributed by atoms with Crippen LogP contribution in [-0.2, 0) is 27.9 Å². The number of ether oxygens (including phenoxy) is 1. The SMILES string of the molecule is CN(Cc1ccccc1)S(=O)(=O)c1ccc(Cl)c(C(=O)OCc2cccc(Cl)c2)c1. The maximum atomic E-state index is 13.0. The second kappa shape index (κ2) is 9.62. The molecular formula is C22H19Cl2NO4S. The van der Waals surface area contributed by atoms with E-state index in [4.69, 9.17) is 27.9 Å². The topological polar surface area (TPSA) is 63.7 Å². The lowest BCUT2D eigenvalue weighted by atomic mass is 10.2. The summed E-state index contributed by atoms with van der Waals surface area (Å²) in [6.07, 6.45) is 0. The van der Waals surface area contributed by atoms with Gasteiger partial charge in [-0.3, -0.25) is 0 Å². The molecule has 0 spiro atoms. The number of halogens is 2. The highest BCUT2D eigenvalue weighted by Crippen LogP contribution is 2.24. The number of hydrogen-bond donors (Lipinski definition) is 0. The average Bonchev–Trinajstić information content (AvgIpc) is 2.73. The van der Waals surface area contributed by atoms with Gasteiger partial charge in [-0.1, -0.05) is 65.7 Å². The number of carbonyl (C=O) groups is 1. The maximum absolute atomic E-state index is 13.0. The van der Waals surface area contributed by atoms with Crippen molar-refractivity contribution in [3.05, 3.63) is 99.5 Å². The molecule has 0 saturated carbocycles. The summed E-state index contributed by atoms with van der Waals surface area (Å²) in [4.78, 5) is 12.5. The predicted molar refractivity (Wildman–Crippen MR) is 117 cm³/mol. The molecule has 8 heteroatoms. The normalized spacial score (nSPS) is 11.5. The van der Waals surface area contributed by atoms with Crippen molar-refractivity contribution in [1.82, 2.24) is 4.31 Å². The van der Waals surface area contributed by atoms with Gasteiger partial charge in [0.25, 0.3) is 0 Å². The minimum Gasteiger partial charge on any atom is -0.457 e. The van der Waals surface area contributed by atoms with E-state index in [1.54, 1.807) is 24.3 Å². The summed E-state index contributed by atoms with van der Waals surface area (Å²) < 4.78 is 32.4. The predicted octanol–water partition coefficient (Wildman–Crippen LogP) is 5.17. The van der Waals surface area contributed by atoms with Crippen LogP contribution in [0.25, 0.3) is 0 Å². The number of hydrogen-bond acceptors (Lipinski definition) is 4. The Labute approximate surface area is 185 Å². The van der Waals surface area contributed by atoms with Crippen molar-refractivity contribution in [3.8, 4) is 0 Å². The Morgan fingerprint density at radius 1 is 0.933 bits per heavy atom. The number of esters is 1. The van der Waals surface area contributed by atoms with Crippen molar-refractivity contribution in [2.24, 2.45) is 0 Å². The summed E-state index contributed by atoms with van der Waals surface area (Å²) in [5.41, 5.74) is 1.53. The third kappa shape index (κ3) is 5.40. The molecule has 3 aromatic rings. The first kappa shape index (κ1) is 22.3. The molecule has 0 bridgehead atoms. The molecule has 0 aliphatic rings. The van der Waals surface area contributed by atoms with E-state index in [0.717, 1.165) is 5.56 Å². The highest BCUT2D eigenvalue weighted by atomic mass is 35.5. The van der Waals surface area contributed by atoms with Crippen LogP contribution in [-0.4, -0.2) is 25.7 Å². The van der Waals surface area contributed by atoms with Gasteiger partial charge in [0.15, 0.2) is 0 Å². The van der Waals surface area contributed by atoms with Gasteiger partial charge in [0.05, 0.1) is 15.5 Å². The lowest BCUT2D eigenvalue weighted by Crippen LogP contribution is -2.26. The van der Waals surface area contributed by atoms with Crippen LogP contribution >= 0.6 is 23.2 Å². The molecule has 30 heavy (non-hydrogen) atoms. The van der Waals surface area contributed by atoms with Gasteiger partial charge in [0, 0.05) is 18.6 Å². The van der Waals surface area contributed by atoms with Crippen LogP contribution in [0.4, 0.5) is 0 Å². The van der Waals surface area contributed by atoms with Gasteiger partial charge in [-0.2, -0.15) is 4.31 Å². The Morgan fingerprint density at radius 2 is 1.63 bits per heavy atom. The molecule has 0 heterocycles. The van der Waals surface area contributed by atoms with E-state index < -0.39 is 16.0 Å². The Kier molecular flexibility index (Phi) is 7.15. The highest BCUT2D eigenvalue weighted by molar-refractivity contribution is 7.89. The van der Waals surface area contributed by atoms with E-state index in [2.05, 4.69) is 0 Å². The minimum atomic E-state index is -3.83. The molecule has 0 aliphatic heterocycles. The summed E-state index contributed by atoms with van der Waals surface area (Å²) in [6, 6.07) is 20.1. The standard InChI is InChI=1S/C22H19Cl2NO4S/c1-25(14-16-6-3-2-4-7-16)30(27,28)19-10-11-21(24)20(13-19)22(26)29-15-17-8-5-9-18(23)12-17/h2-13H,14-15H2,1H3. The summed E-state index contributed by atoms with van der Waals surface area (Å²) in [5.74, 6) is -0.720. The van der Waals surface area contributed by atoms with Crippen molar-refractivity contribution in [2.75, 3.05) is 7.05 Å². The van der Waals surface area contributed by atoms with Crippen molar-refractivity contribution in [3.63, 3.8) is 0 Å². The van der Waals surface area contributed by atoms with E-state index in [9.17, 15) is 13.2 Å². The van der Waals surface area contributed by atoms with E-state index >= 15 is 0 Å². The Morgan fingerprint density at radius 3 is 2.33 bits per heavy atom. The van der Waals surface area contributed by atoms with Gasteiger partial charge in [0.2, 0.25) is 10.0 Å². The summed E-state index contributed by atoms with van der Waals surface area (Å²) in [5, 5.41) is 0.631. The fourth-order valence-electron chi connectivity index (χ4n) is 2.78. The molecule has 3 aromatic carbocycles. The monoisotopic (exact) mass is 463 g/mol. The molecule has 0 aromatic heterocycles. The van der Waals surface area contributed by atoms with Gasteiger partial charge in [0.1, 0.15) is 6.61 Å². The van der Waals surface area contributed by atoms with E-state index in [-0.39, 0.29) is 28.6 Å². The zero-order valence-corrected chi connectivity index (χ0v) is 18.4. The molecular weight excluding hydrogens is 445 g/mol. The van der Waals surface area contributed by atoms with Crippen molar-refractivity contribution in [2.45, 2.75) is 18.0 Å². The van der Waals surface area contributed by atoms with Crippen LogP contribution in [0, 0.1) is 0 Å². The second-order valence-corrected chi connectivity index (χ2v) is 9.48. The van der Waals surface area contributed by atoms with Gasteiger partial charge in [-0.05, 0) is 41.5 Å². The molecule has 0 radical (unpaired) electrons. The van der Waals surface area contributed by atoms with Crippen LogP contribution in [0.5, 0.6) is 0 Å². The lowest BCUT2D eigenvalue weighted by molar-refractivity contribution is 0.0472. The van der Waals surface area contributed by atoms with Gasteiger partial charge in [-0.25, -0.2) is 13.2 Å². The molecule has 3 rings (SSSR count). The molecule has 0 atom stereocenters. The Hall–Kier alpha value is -2.38. The second-order valence-electron chi connectivity index (χ2n) is 6.59. The molecule has 0 fully saturated rings. The zero-order chi connectivity index (χ0) is 21.7. The van der Waals surface area contributed by atoms with E-state index in [1.807, 2.05) is 30.3 Å².